The van der Waals surface area contributed by atoms with Gasteiger partial charge in [-0.25, -0.2) is 4.98 Å². The number of thioether (sulfide) groups is 1. The maximum Gasteiger partial charge on any atom is 0.316 e. The van der Waals surface area contributed by atoms with Crippen molar-refractivity contribution < 1.29 is 9.53 Å². The predicted molar refractivity (Wildman–Crippen MR) is 96.0 cm³/mol. The Morgan fingerprint density at radius 2 is 2.00 bits per heavy atom. The van der Waals surface area contributed by atoms with E-state index in [1.807, 2.05) is 18.2 Å². The van der Waals surface area contributed by atoms with Gasteiger partial charge in [0.15, 0.2) is 0 Å². The molecule has 2 aromatic carbocycles. The van der Waals surface area contributed by atoms with E-state index in [9.17, 15) is 4.79 Å². The predicted octanol–water partition coefficient (Wildman–Crippen LogP) is 3.51. The second-order valence-electron chi connectivity index (χ2n) is 5.10. The lowest BCUT2D eigenvalue weighted by Crippen LogP contribution is -2.05. The Hall–Kier alpha value is -2.60. The van der Waals surface area contributed by atoms with Gasteiger partial charge in [0.25, 0.3) is 0 Å². The number of fused-ring (bicyclic) bond motifs is 1. The van der Waals surface area contributed by atoms with Crippen LogP contribution in [0.1, 0.15) is 5.56 Å². The summed E-state index contributed by atoms with van der Waals surface area (Å²) in [4.78, 5) is 19.8. The molecule has 0 amide bonds. The highest BCUT2D eigenvalue weighted by molar-refractivity contribution is 7.99. The van der Waals surface area contributed by atoms with Gasteiger partial charge >= 0.3 is 5.97 Å². The van der Waals surface area contributed by atoms with Crippen LogP contribution in [0.25, 0.3) is 10.8 Å². The summed E-state index contributed by atoms with van der Waals surface area (Å²) in [7, 11) is 1.37. The van der Waals surface area contributed by atoms with E-state index in [0.717, 1.165) is 0 Å². The highest BCUT2D eigenvalue weighted by atomic mass is 32.2. The van der Waals surface area contributed by atoms with Gasteiger partial charge in [-0.2, -0.15) is 0 Å². The maximum absolute atomic E-state index is 11.2. The van der Waals surface area contributed by atoms with Crippen LogP contribution in [0.3, 0.4) is 0 Å². The highest BCUT2D eigenvalue weighted by Gasteiger charge is 2.05. The minimum Gasteiger partial charge on any atom is -0.468 e. The number of carbonyl (C=O) groups is 1. The van der Waals surface area contributed by atoms with Gasteiger partial charge in [0.2, 0.25) is 0 Å². The van der Waals surface area contributed by atoms with Crippen LogP contribution in [-0.2, 0) is 16.1 Å². The zero-order chi connectivity index (χ0) is 16.8. The normalized spacial score (nSPS) is 10.5. The minimum atomic E-state index is -0.282. The summed E-state index contributed by atoms with van der Waals surface area (Å²) in [6.07, 6.45) is 3.31. The number of nitrogens with zero attached hydrogens (tertiary/aromatic N) is 2. The number of hydrogen-bond acceptors (Lipinski definition) is 6. The van der Waals surface area contributed by atoms with Gasteiger partial charge in [0.05, 0.1) is 25.3 Å². The van der Waals surface area contributed by atoms with Crippen molar-refractivity contribution in [2.24, 2.45) is 0 Å². The molecule has 6 heteroatoms. The fourth-order valence-corrected chi connectivity index (χ4v) is 3.01. The fraction of sp³-hybridized carbons (Fsp3) is 0.167. The lowest BCUT2D eigenvalue weighted by atomic mass is 10.0. The Bertz CT molecular complexity index is 849. The molecule has 0 aliphatic heterocycles. The van der Waals surface area contributed by atoms with Gasteiger partial charge in [-0.05, 0) is 16.3 Å². The largest absolute Gasteiger partial charge is 0.468 e. The van der Waals surface area contributed by atoms with Crippen molar-refractivity contribution in [2.45, 2.75) is 11.6 Å². The number of benzene rings is 2. The summed E-state index contributed by atoms with van der Waals surface area (Å²) < 4.78 is 4.62. The Labute approximate surface area is 144 Å². The van der Waals surface area contributed by atoms with Crippen LogP contribution in [0, 0.1) is 0 Å². The molecule has 0 spiro atoms. The van der Waals surface area contributed by atoms with Crippen LogP contribution in [0.4, 0.5) is 5.82 Å². The molecule has 24 heavy (non-hydrogen) atoms. The number of ether oxygens (including phenoxy) is 1. The molecule has 0 atom stereocenters. The van der Waals surface area contributed by atoms with E-state index in [1.54, 1.807) is 12.4 Å². The maximum atomic E-state index is 11.2. The van der Waals surface area contributed by atoms with E-state index in [2.05, 4.69) is 44.3 Å². The van der Waals surface area contributed by atoms with E-state index in [0.29, 0.717) is 17.4 Å². The first-order valence-corrected chi connectivity index (χ1v) is 8.47. The molecule has 0 radical (unpaired) electrons. The van der Waals surface area contributed by atoms with Gasteiger partial charge < -0.3 is 10.1 Å². The number of nitrogens with one attached hydrogen (secondary N) is 1. The van der Waals surface area contributed by atoms with E-state index in [1.165, 1.54) is 35.2 Å². The van der Waals surface area contributed by atoms with Crippen molar-refractivity contribution in [1.82, 2.24) is 9.97 Å². The number of aromatic nitrogens is 2. The molecule has 0 saturated carbocycles. The molecule has 0 saturated heterocycles. The van der Waals surface area contributed by atoms with E-state index >= 15 is 0 Å². The number of anilines is 1. The van der Waals surface area contributed by atoms with Crippen LogP contribution in [0.2, 0.25) is 0 Å². The molecule has 0 bridgehead atoms. The van der Waals surface area contributed by atoms with Gasteiger partial charge in [-0.1, -0.05) is 54.2 Å². The molecule has 1 N–H and O–H groups in total. The number of carbonyl (C=O) groups excluding carboxylic acids is 1. The van der Waals surface area contributed by atoms with E-state index < -0.39 is 0 Å². The third-order valence-corrected chi connectivity index (χ3v) is 4.39. The van der Waals surface area contributed by atoms with Crippen LogP contribution < -0.4 is 5.32 Å². The SMILES string of the molecule is COC(=O)CSc1cncc(NCc2cccc3ccccc23)n1. The topological polar surface area (TPSA) is 64.1 Å². The zero-order valence-corrected chi connectivity index (χ0v) is 14.0. The molecule has 1 heterocycles. The summed E-state index contributed by atoms with van der Waals surface area (Å²) in [5, 5.41) is 6.41. The fourth-order valence-electron chi connectivity index (χ4n) is 2.33. The van der Waals surface area contributed by atoms with Crippen molar-refractivity contribution in [3.63, 3.8) is 0 Å². The third-order valence-electron chi connectivity index (χ3n) is 3.52. The number of esters is 1. The van der Waals surface area contributed by atoms with Crippen molar-refractivity contribution in [3.8, 4) is 0 Å². The van der Waals surface area contributed by atoms with Crippen LogP contribution >= 0.6 is 11.8 Å². The second kappa shape index (κ2) is 7.79. The van der Waals surface area contributed by atoms with Crippen LogP contribution in [0.15, 0.2) is 59.9 Å². The average Bonchev–Trinajstić information content (AvgIpc) is 2.64. The average molecular weight is 339 g/mol. The molecule has 3 aromatic rings. The summed E-state index contributed by atoms with van der Waals surface area (Å²) in [6.45, 7) is 0.654. The quantitative estimate of drug-likeness (QED) is 0.548. The lowest BCUT2D eigenvalue weighted by molar-refractivity contribution is -0.137. The van der Waals surface area contributed by atoms with Crippen LogP contribution in [0.5, 0.6) is 0 Å². The summed E-state index contributed by atoms with van der Waals surface area (Å²) in [6, 6.07) is 14.5. The Morgan fingerprint density at radius 1 is 1.17 bits per heavy atom. The highest BCUT2D eigenvalue weighted by Crippen LogP contribution is 2.20. The standard InChI is InChI=1S/C18H17N3O2S/c1-23-18(22)12-24-17-11-19-10-16(21-17)20-9-14-7-4-6-13-5-2-3-8-15(13)14/h2-8,10-11H,9,12H2,1H3,(H,20,21). The smallest absolute Gasteiger partial charge is 0.316 e. The first-order chi connectivity index (χ1) is 11.8. The van der Waals surface area contributed by atoms with Gasteiger partial charge in [0, 0.05) is 6.54 Å². The van der Waals surface area contributed by atoms with Crippen LogP contribution in [-0.4, -0.2) is 28.8 Å². The molecular formula is C18H17N3O2S. The van der Waals surface area contributed by atoms with Gasteiger partial charge in [-0.15, -0.1) is 0 Å². The van der Waals surface area contributed by atoms with Gasteiger partial charge in [0.1, 0.15) is 10.8 Å². The minimum absolute atomic E-state index is 0.220. The van der Waals surface area contributed by atoms with E-state index in [-0.39, 0.29) is 11.7 Å². The molecule has 0 unspecified atom stereocenters. The number of hydrogen-bond donors (Lipinski definition) is 1. The molecule has 5 nitrogen and oxygen atoms in total. The molecule has 3 rings (SSSR count). The zero-order valence-electron chi connectivity index (χ0n) is 13.2. The first kappa shape index (κ1) is 16.3. The summed E-state index contributed by atoms with van der Waals surface area (Å²) >= 11 is 1.30. The van der Waals surface area contributed by atoms with Gasteiger partial charge in [-0.3, -0.25) is 9.78 Å². The second-order valence-corrected chi connectivity index (χ2v) is 6.09. The first-order valence-electron chi connectivity index (χ1n) is 7.48. The molecule has 1 aromatic heterocycles. The molecular weight excluding hydrogens is 322 g/mol. The molecule has 0 aliphatic carbocycles. The van der Waals surface area contributed by atoms with E-state index in [4.69, 9.17) is 0 Å². The Balaban J connectivity index is 1.69. The number of rotatable bonds is 6. The molecule has 0 fully saturated rings. The lowest BCUT2D eigenvalue weighted by Gasteiger charge is -2.09. The van der Waals surface area contributed by atoms with Crippen molar-refractivity contribution >= 4 is 34.3 Å². The monoisotopic (exact) mass is 339 g/mol. The molecule has 122 valence electrons. The van der Waals surface area contributed by atoms with Crippen molar-refractivity contribution in [3.05, 3.63) is 60.4 Å². The van der Waals surface area contributed by atoms with Crippen molar-refractivity contribution in [2.75, 3.05) is 18.2 Å². The molecule has 0 aliphatic rings. The summed E-state index contributed by atoms with van der Waals surface area (Å²) in [5.74, 6) is 0.617. The Kier molecular flexibility index (Phi) is 5.28. The Morgan fingerprint density at radius 3 is 2.88 bits per heavy atom. The third kappa shape index (κ3) is 4.02. The number of methoxy groups -OCH3 is 1. The van der Waals surface area contributed by atoms with Crippen molar-refractivity contribution in [1.29, 1.82) is 0 Å². The summed E-state index contributed by atoms with van der Waals surface area (Å²) in [5.41, 5.74) is 1.20.